The summed E-state index contributed by atoms with van der Waals surface area (Å²) in [4.78, 5) is 13.0. The molecule has 5 heteroatoms. The van der Waals surface area contributed by atoms with Crippen molar-refractivity contribution in [2.24, 2.45) is 5.10 Å². The fourth-order valence-corrected chi connectivity index (χ4v) is 2.79. The lowest BCUT2D eigenvalue weighted by Gasteiger charge is -2.27. The van der Waals surface area contributed by atoms with Crippen molar-refractivity contribution in [1.82, 2.24) is 5.43 Å². The van der Waals surface area contributed by atoms with Gasteiger partial charge in [0.05, 0.1) is 5.71 Å². The highest BCUT2D eigenvalue weighted by Gasteiger charge is 2.39. The van der Waals surface area contributed by atoms with Crippen LogP contribution in [0.2, 0.25) is 0 Å². The number of benzene rings is 3. The molecule has 0 radical (unpaired) electrons. The van der Waals surface area contributed by atoms with Gasteiger partial charge < -0.3 is 10.8 Å². The first-order chi connectivity index (χ1) is 13.0. The molecule has 0 spiro atoms. The van der Waals surface area contributed by atoms with Gasteiger partial charge >= 0.3 is 0 Å². The van der Waals surface area contributed by atoms with Crippen molar-refractivity contribution in [1.29, 1.82) is 0 Å². The van der Waals surface area contributed by atoms with Crippen molar-refractivity contribution < 1.29 is 9.90 Å². The summed E-state index contributed by atoms with van der Waals surface area (Å²) < 4.78 is 0. The second-order valence-electron chi connectivity index (χ2n) is 6.20. The minimum atomic E-state index is -1.85. The Morgan fingerprint density at radius 1 is 0.889 bits per heavy atom. The zero-order valence-corrected chi connectivity index (χ0v) is 15.0. The maximum absolute atomic E-state index is 13.0. The van der Waals surface area contributed by atoms with Gasteiger partial charge in [0.15, 0.2) is 5.60 Å². The lowest BCUT2D eigenvalue weighted by Crippen LogP contribution is -2.43. The molecule has 0 bridgehead atoms. The van der Waals surface area contributed by atoms with Crippen LogP contribution in [0.15, 0.2) is 90.0 Å². The molecule has 0 fully saturated rings. The molecular weight excluding hydrogens is 338 g/mol. The average molecular weight is 359 g/mol. The first-order valence-corrected chi connectivity index (χ1v) is 8.56. The van der Waals surface area contributed by atoms with Crippen molar-refractivity contribution in [3.63, 3.8) is 0 Å². The summed E-state index contributed by atoms with van der Waals surface area (Å²) in [6.45, 7) is 1.77. The first-order valence-electron chi connectivity index (χ1n) is 8.56. The third-order valence-electron chi connectivity index (χ3n) is 4.37. The van der Waals surface area contributed by atoms with Crippen LogP contribution in [0.5, 0.6) is 0 Å². The Bertz CT molecular complexity index is 897. The number of nitrogens with one attached hydrogen (secondary N) is 1. The van der Waals surface area contributed by atoms with Crippen LogP contribution in [0.4, 0.5) is 5.69 Å². The topological polar surface area (TPSA) is 87.7 Å². The van der Waals surface area contributed by atoms with E-state index in [0.717, 1.165) is 5.56 Å². The third-order valence-corrected chi connectivity index (χ3v) is 4.37. The zero-order chi connectivity index (χ0) is 19.3. The average Bonchev–Trinajstić information content (AvgIpc) is 2.73. The van der Waals surface area contributed by atoms with Gasteiger partial charge in [0, 0.05) is 5.69 Å². The molecule has 0 saturated carbocycles. The Labute approximate surface area is 158 Å². The van der Waals surface area contributed by atoms with Gasteiger partial charge in [0.1, 0.15) is 0 Å². The van der Waals surface area contributed by atoms with E-state index >= 15 is 0 Å². The van der Waals surface area contributed by atoms with Gasteiger partial charge in [-0.25, -0.2) is 5.43 Å². The summed E-state index contributed by atoms with van der Waals surface area (Å²) in [5.74, 6) is -0.630. The van der Waals surface area contributed by atoms with Crippen LogP contribution in [0.25, 0.3) is 0 Å². The van der Waals surface area contributed by atoms with E-state index in [1.807, 2.05) is 24.3 Å². The maximum atomic E-state index is 13.0. The molecule has 0 unspecified atom stereocenters. The number of anilines is 1. The quantitative estimate of drug-likeness (QED) is 0.372. The predicted molar refractivity (Wildman–Crippen MR) is 107 cm³/mol. The number of nitrogens with two attached hydrogens (primary N) is 1. The monoisotopic (exact) mass is 359 g/mol. The zero-order valence-electron chi connectivity index (χ0n) is 15.0. The van der Waals surface area contributed by atoms with Crippen LogP contribution in [0.1, 0.15) is 23.6 Å². The normalized spacial score (nSPS) is 11.9. The highest BCUT2D eigenvalue weighted by atomic mass is 16.3. The second kappa shape index (κ2) is 7.85. The molecule has 0 aliphatic carbocycles. The first kappa shape index (κ1) is 18.4. The van der Waals surface area contributed by atoms with E-state index in [4.69, 9.17) is 5.73 Å². The van der Waals surface area contributed by atoms with Crippen LogP contribution in [0.3, 0.4) is 0 Å². The Morgan fingerprint density at radius 2 is 1.37 bits per heavy atom. The molecule has 1 amide bonds. The van der Waals surface area contributed by atoms with Crippen LogP contribution >= 0.6 is 0 Å². The van der Waals surface area contributed by atoms with Crippen molar-refractivity contribution in [2.45, 2.75) is 12.5 Å². The van der Waals surface area contributed by atoms with Crippen LogP contribution < -0.4 is 11.2 Å². The highest BCUT2D eigenvalue weighted by molar-refractivity contribution is 6.00. The summed E-state index contributed by atoms with van der Waals surface area (Å²) in [5, 5.41) is 15.5. The van der Waals surface area contributed by atoms with Gasteiger partial charge in [-0.15, -0.1) is 0 Å². The number of rotatable bonds is 5. The van der Waals surface area contributed by atoms with Crippen LogP contribution in [0, 0.1) is 0 Å². The van der Waals surface area contributed by atoms with E-state index in [0.29, 0.717) is 22.5 Å². The maximum Gasteiger partial charge on any atom is 0.281 e. The summed E-state index contributed by atoms with van der Waals surface area (Å²) in [6.07, 6.45) is 0. The van der Waals surface area contributed by atoms with E-state index in [-0.39, 0.29) is 0 Å². The van der Waals surface area contributed by atoms with Gasteiger partial charge in [-0.05, 0) is 35.7 Å². The minimum absolute atomic E-state index is 0.467. The molecule has 3 aromatic carbocycles. The number of nitrogen functional groups attached to an aromatic ring is 1. The third kappa shape index (κ3) is 3.88. The molecular formula is C22H21N3O2. The van der Waals surface area contributed by atoms with Gasteiger partial charge in [-0.2, -0.15) is 5.10 Å². The molecule has 0 aliphatic rings. The van der Waals surface area contributed by atoms with Gasteiger partial charge in [-0.1, -0.05) is 72.8 Å². The van der Waals surface area contributed by atoms with Gasteiger partial charge in [0.25, 0.3) is 5.91 Å². The van der Waals surface area contributed by atoms with E-state index in [1.165, 1.54) is 0 Å². The Balaban J connectivity index is 1.92. The minimum Gasteiger partial charge on any atom is -0.399 e. The number of hydrogen-bond donors (Lipinski definition) is 3. The number of carbonyl (C=O) groups is 1. The van der Waals surface area contributed by atoms with Crippen molar-refractivity contribution in [3.8, 4) is 0 Å². The molecule has 0 aliphatic heterocycles. The van der Waals surface area contributed by atoms with E-state index < -0.39 is 11.5 Å². The van der Waals surface area contributed by atoms with Gasteiger partial charge in [0.2, 0.25) is 0 Å². The smallest absolute Gasteiger partial charge is 0.281 e. The molecule has 0 atom stereocenters. The summed E-state index contributed by atoms with van der Waals surface area (Å²) in [7, 11) is 0. The molecule has 4 N–H and O–H groups in total. The summed E-state index contributed by atoms with van der Waals surface area (Å²) in [6, 6.07) is 24.8. The standard InChI is InChI=1S/C22H21N3O2/c1-16(17-12-14-20(23)15-13-17)24-25-21(26)22(27,18-8-4-2-5-9-18)19-10-6-3-7-11-19/h2-15,27H,23H2,1H3,(H,25,26)/b24-16+. The molecule has 136 valence electrons. The fourth-order valence-electron chi connectivity index (χ4n) is 2.79. The number of hydrazone groups is 1. The number of nitrogens with zero attached hydrogens (tertiary/aromatic N) is 1. The van der Waals surface area contributed by atoms with E-state index in [2.05, 4.69) is 10.5 Å². The van der Waals surface area contributed by atoms with E-state index in [9.17, 15) is 9.90 Å². The second-order valence-corrected chi connectivity index (χ2v) is 6.20. The molecule has 3 aromatic rings. The molecule has 0 saturated heterocycles. The molecule has 27 heavy (non-hydrogen) atoms. The van der Waals surface area contributed by atoms with Gasteiger partial charge in [-0.3, -0.25) is 4.79 Å². The predicted octanol–water partition coefficient (Wildman–Crippen LogP) is 3.05. The van der Waals surface area contributed by atoms with Crippen LogP contribution in [-0.4, -0.2) is 16.7 Å². The number of carbonyl (C=O) groups excluding carboxylic acids is 1. The van der Waals surface area contributed by atoms with E-state index in [1.54, 1.807) is 67.6 Å². The summed E-state index contributed by atoms with van der Waals surface area (Å²) in [5.41, 5.74) is 9.35. The highest BCUT2D eigenvalue weighted by Crippen LogP contribution is 2.29. The Hall–Kier alpha value is -3.44. The van der Waals surface area contributed by atoms with Crippen LogP contribution in [-0.2, 0) is 10.4 Å². The Kier molecular flexibility index (Phi) is 5.33. The number of hydrogen-bond acceptors (Lipinski definition) is 4. The lowest BCUT2D eigenvalue weighted by molar-refractivity contribution is -0.136. The van der Waals surface area contributed by atoms with Crippen molar-refractivity contribution in [2.75, 3.05) is 5.73 Å². The molecule has 5 nitrogen and oxygen atoms in total. The largest absolute Gasteiger partial charge is 0.399 e. The van der Waals surface area contributed by atoms with Crippen molar-refractivity contribution >= 4 is 17.3 Å². The fraction of sp³-hybridized carbons (Fsp3) is 0.0909. The molecule has 0 heterocycles. The summed E-state index contributed by atoms with van der Waals surface area (Å²) >= 11 is 0. The SMILES string of the molecule is C/C(=N\NC(=O)C(O)(c1ccccc1)c1ccccc1)c1ccc(N)cc1. The van der Waals surface area contributed by atoms with Crippen molar-refractivity contribution in [3.05, 3.63) is 102 Å². The number of amides is 1. The number of aliphatic hydroxyl groups is 1. The molecule has 0 aromatic heterocycles. The lowest BCUT2D eigenvalue weighted by atomic mass is 9.85. The Morgan fingerprint density at radius 3 is 1.85 bits per heavy atom. The molecule has 3 rings (SSSR count).